The molecule has 0 saturated heterocycles. The van der Waals surface area contributed by atoms with Crippen LogP contribution in [-0.4, -0.2) is 23.8 Å². The first-order valence-electron chi connectivity index (χ1n) is 3.61. The van der Waals surface area contributed by atoms with Gasteiger partial charge < -0.3 is 14.8 Å². The lowest BCUT2D eigenvalue weighted by molar-refractivity contribution is -0.0492. The highest BCUT2D eigenvalue weighted by Gasteiger charge is 2.19. The van der Waals surface area contributed by atoms with Crippen molar-refractivity contribution in [2.45, 2.75) is 6.61 Å². The van der Waals surface area contributed by atoms with E-state index < -0.39 is 13.7 Å². The number of hydrogen-bond donors (Lipinski definition) is 2. The summed E-state index contributed by atoms with van der Waals surface area (Å²) in [5, 5.41) is 17.8. The first-order valence-corrected chi connectivity index (χ1v) is 3.99. The van der Waals surface area contributed by atoms with Crippen molar-refractivity contribution in [3.8, 4) is 5.75 Å². The topological polar surface area (TPSA) is 49.7 Å². The molecule has 0 aromatic heterocycles. The molecule has 0 radical (unpaired) electrons. The van der Waals surface area contributed by atoms with E-state index in [9.17, 15) is 8.78 Å². The first-order chi connectivity index (χ1) is 6.50. The molecule has 0 unspecified atom stereocenters. The van der Waals surface area contributed by atoms with Crippen LogP contribution in [0.2, 0.25) is 5.02 Å². The Hall–Kier alpha value is -0.845. The van der Waals surface area contributed by atoms with E-state index in [-0.39, 0.29) is 16.2 Å². The van der Waals surface area contributed by atoms with Gasteiger partial charge in [-0.2, -0.15) is 8.78 Å². The van der Waals surface area contributed by atoms with Gasteiger partial charge in [0, 0.05) is 10.5 Å². The Morgan fingerprint density at radius 3 is 2.50 bits per heavy atom. The van der Waals surface area contributed by atoms with Crippen molar-refractivity contribution in [3.05, 3.63) is 23.2 Å². The average molecular weight is 222 g/mol. The second kappa shape index (κ2) is 4.59. The van der Waals surface area contributed by atoms with Crippen molar-refractivity contribution in [1.29, 1.82) is 0 Å². The zero-order chi connectivity index (χ0) is 10.7. The van der Waals surface area contributed by atoms with Crippen molar-refractivity contribution < 1.29 is 23.6 Å². The van der Waals surface area contributed by atoms with Crippen molar-refractivity contribution in [2.24, 2.45) is 0 Å². The molecule has 0 amide bonds. The fourth-order valence-corrected chi connectivity index (χ4v) is 1.08. The average Bonchev–Trinajstić information content (AvgIpc) is 2.01. The molecule has 0 atom stereocenters. The summed E-state index contributed by atoms with van der Waals surface area (Å²) in [6.45, 7) is -3.04. The smallest absolute Gasteiger partial charge is 0.435 e. The van der Waals surface area contributed by atoms with E-state index in [1.54, 1.807) is 0 Å². The number of alkyl halides is 2. The van der Waals surface area contributed by atoms with Gasteiger partial charge in [-0.05, 0) is 12.1 Å². The van der Waals surface area contributed by atoms with Gasteiger partial charge in [-0.1, -0.05) is 17.7 Å². The van der Waals surface area contributed by atoms with Gasteiger partial charge in [-0.15, -0.1) is 0 Å². The summed E-state index contributed by atoms with van der Waals surface area (Å²) >= 11 is 5.52. The minimum atomic E-state index is -3.04. The Balaban J connectivity index is 3.03. The summed E-state index contributed by atoms with van der Waals surface area (Å²) < 4.78 is 27.8. The van der Waals surface area contributed by atoms with Crippen LogP contribution < -0.4 is 10.2 Å². The van der Waals surface area contributed by atoms with Crippen LogP contribution in [0.5, 0.6) is 5.75 Å². The van der Waals surface area contributed by atoms with E-state index in [1.807, 2.05) is 0 Å². The van der Waals surface area contributed by atoms with Crippen molar-refractivity contribution in [2.75, 3.05) is 0 Å². The predicted octanol–water partition coefficient (Wildman–Crippen LogP) is 0.621. The predicted molar refractivity (Wildman–Crippen MR) is 47.9 cm³/mol. The molecule has 0 aliphatic carbocycles. The number of benzene rings is 1. The van der Waals surface area contributed by atoms with Crippen LogP contribution in [0.1, 0.15) is 0 Å². The highest BCUT2D eigenvalue weighted by Crippen LogP contribution is 2.17. The highest BCUT2D eigenvalue weighted by molar-refractivity contribution is 6.59. The molecule has 0 fully saturated rings. The third-order valence-electron chi connectivity index (χ3n) is 1.47. The fourth-order valence-electron chi connectivity index (χ4n) is 0.920. The monoisotopic (exact) mass is 222 g/mol. The molecule has 1 rings (SSSR count). The van der Waals surface area contributed by atoms with Crippen LogP contribution in [0.3, 0.4) is 0 Å². The lowest BCUT2D eigenvalue weighted by Crippen LogP contribution is -2.31. The van der Waals surface area contributed by atoms with Gasteiger partial charge >= 0.3 is 13.7 Å². The molecule has 76 valence electrons. The molecule has 0 heterocycles. The molecular formula is C7H6BClF2O3. The minimum Gasteiger partial charge on any atom is -0.435 e. The molecule has 0 aliphatic heterocycles. The third-order valence-corrected chi connectivity index (χ3v) is 1.70. The third kappa shape index (κ3) is 2.83. The number of halogens is 3. The summed E-state index contributed by atoms with van der Waals surface area (Å²) in [7, 11) is -1.87. The van der Waals surface area contributed by atoms with Gasteiger partial charge in [0.15, 0.2) is 0 Å². The first kappa shape index (κ1) is 11.2. The van der Waals surface area contributed by atoms with E-state index in [4.69, 9.17) is 21.6 Å². The summed E-state index contributed by atoms with van der Waals surface area (Å²) in [6.07, 6.45) is 0. The number of hydrogen-bond acceptors (Lipinski definition) is 3. The van der Waals surface area contributed by atoms with Gasteiger partial charge in [0.1, 0.15) is 5.75 Å². The molecule has 2 N–H and O–H groups in total. The minimum absolute atomic E-state index is 0.158. The standard InChI is InChI=1S/C7H6BClF2O3/c9-4-1-2-5(8(12)13)6(3-4)14-7(10)11/h1-3,7,12-13H. The maximum Gasteiger partial charge on any atom is 0.492 e. The van der Waals surface area contributed by atoms with Gasteiger partial charge in [0.25, 0.3) is 0 Å². The molecule has 0 spiro atoms. The second-order valence-corrected chi connectivity index (χ2v) is 2.87. The Bertz CT molecular complexity index is 322. The molecule has 7 heteroatoms. The van der Waals surface area contributed by atoms with Gasteiger partial charge in [-0.3, -0.25) is 0 Å². The highest BCUT2D eigenvalue weighted by atomic mass is 35.5. The van der Waals surface area contributed by atoms with E-state index in [0.717, 1.165) is 6.07 Å². The van der Waals surface area contributed by atoms with E-state index in [2.05, 4.69) is 4.74 Å². The quantitative estimate of drug-likeness (QED) is 0.737. The molecule has 0 bridgehead atoms. The number of ether oxygens (including phenoxy) is 1. The Morgan fingerprint density at radius 1 is 1.36 bits per heavy atom. The lowest BCUT2D eigenvalue weighted by atomic mass is 9.79. The maximum atomic E-state index is 11.9. The fraction of sp³-hybridized carbons (Fsp3) is 0.143. The number of rotatable bonds is 3. The van der Waals surface area contributed by atoms with E-state index in [1.165, 1.54) is 12.1 Å². The Kier molecular flexibility index (Phi) is 3.68. The molecule has 3 nitrogen and oxygen atoms in total. The van der Waals surface area contributed by atoms with Crippen LogP contribution >= 0.6 is 11.6 Å². The van der Waals surface area contributed by atoms with Gasteiger partial charge in [-0.25, -0.2) is 0 Å². The SMILES string of the molecule is OB(O)c1ccc(Cl)cc1OC(F)F. The van der Waals surface area contributed by atoms with Crippen molar-refractivity contribution in [1.82, 2.24) is 0 Å². The molecule has 0 saturated carbocycles. The van der Waals surface area contributed by atoms with Crippen molar-refractivity contribution in [3.63, 3.8) is 0 Å². The normalized spacial score (nSPS) is 10.4. The van der Waals surface area contributed by atoms with Crippen LogP contribution in [-0.2, 0) is 0 Å². The molecular weight excluding hydrogens is 216 g/mol. The maximum absolute atomic E-state index is 11.9. The van der Waals surface area contributed by atoms with Crippen LogP contribution in [0.4, 0.5) is 8.78 Å². The molecule has 14 heavy (non-hydrogen) atoms. The van der Waals surface area contributed by atoms with Crippen LogP contribution in [0.25, 0.3) is 0 Å². The van der Waals surface area contributed by atoms with Gasteiger partial charge in [0.2, 0.25) is 0 Å². The largest absolute Gasteiger partial charge is 0.492 e. The Labute approximate surface area is 84.0 Å². The zero-order valence-electron chi connectivity index (χ0n) is 6.82. The molecule has 0 aliphatic rings. The van der Waals surface area contributed by atoms with Crippen LogP contribution in [0.15, 0.2) is 18.2 Å². The summed E-state index contributed by atoms with van der Waals surface area (Å²) in [4.78, 5) is 0. The second-order valence-electron chi connectivity index (χ2n) is 2.43. The van der Waals surface area contributed by atoms with Crippen molar-refractivity contribution >= 4 is 24.2 Å². The summed E-state index contributed by atoms with van der Waals surface area (Å²) in [6, 6.07) is 3.63. The summed E-state index contributed by atoms with van der Waals surface area (Å²) in [5.41, 5.74) is -0.158. The van der Waals surface area contributed by atoms with Crippen LogP contribution in [0, 0.1) is 0 Å². The van der Waals surface area contributed by atoms with E-state index >= 15 is 0 Å². The van der Waals surface area contributed by atoms with E-state index in [0.29, 0.717) is 0 Å². The molecule has 1 aromatic rings. The molecule has 1 aromatic carbocycles. The Morgan fingerprint density at radius 2 is 2.00 bits per heavy atom. The summed E-state index contributed by atoms with van der Waals surface area (Å²) in [5.74, 6) is -0.345. The van der Waals surface area contributed by atoms with Gasteiger partial charge in [0.05, 0.1) is 0 Å². The zero-order valence-corrected chi connectivity index (χ0v) is 7.58. The lowest BCUT2D eigenvalue weighted by Gasteiger charge is -2.09.